The Balaban J connectivity index is 0.00000161. The van der Waals surface area contributed by atoms with Crippen molar-refractivity contribution in [3.8, 4) is 0 Å². The molecule has 112 valence electrons. The largest absolute Gasteiger partial charge is 0.320 e. The highest BCUT2D eigenvalue weighted by Crippen LogP contribution is 2.29. The molecule has 3 N–H and O–H groups in total. The Kier molecular flexibility index (Phi) is 4.32. The first-order valence-corrected chi connectivity index (χ1v) is 6.45. The molecule has 1 aliphatic heterocycles. The number of aryl methyl sites for hydroxylation is 1. The highest BCUT2D eigenvalue weighted by Gasteiger charge is 2.34. The molecule has 0 unspecified atom stereocenters. The number of fused-ring (bicyclic) bond motifs is 1. The van der Waals surface area contributed by atoms with Crippen molar-refractivity contribution in [2.45, 2.75) is 18.9 Å². The predicted molar refractivity (Wildman–Crippen MR) is 80.7 cm³/mol. The van der Waals surface area contributed by atoms with Crippen LogP contribution >= 0.6 is 12.4 Å². The van der Waals surface area contributed by atoms with E-state index in [1.54, 1.807) is 11.7 Å². The quantitative estimate of drug-likeness (QED) is 0.812. The third-order valence-electron chi connectivity index (χ3n) is 3.62. The summed E-state index contributed by atoms with van der Waals surface area (Å²) in [7, 11) is 1.81. The van der Waals surface area contributed by atoms with E-state index in [-0.39, 0.29) is 12.4 Å². The number of anilines is 1. The molecule has 0 saturated heterocycles. The van der Waals surface area contributed by atoms with Crippen molar-refractivity contribution in [1.82, 2.24) is 9.78 Å². The van der Waals surface area contributed by atoms with Crippen LogP contribution in [0.3, 0.4) is 0 Å². The molecule has 1 aliphatic rings. The van der Waals surface area contributed by atoms with E-state index in [1.165, 1.54) is 0 Å². The van der Waals surface area contributed by atoms with Gasteiger partial charge in [0.15, 0.2) is 5.82 Å². The molecule has 6 nitrogen and oxygen atoms in total. The number of hydrogen-bond donors (Lipinski definition) is 2. The van der Waals surface area contributed by atoms with E-state index in [2.05, 4.69) is 5.10 Å². The van der Waals surface area contributed by atoms with Gasteiger partial charge in [0.1, 0.15) is 0 Å². The van der Waals surface area contributed by atoms with Gasteiger partial charge in [0, 0.05) is 31.1 Å². The molecule has 0 fully saturated rings. The summed E-state index contributed by atoms with van der Waals surface area (Å²) in [6.07, 6.45) is 1.09. The maximum Gasteiger partial charge on any atom is 0.269 e. The molecule has 0 saturated carbocycles. The first kappa shape index (κ1) is 15.5. The molecule has 3 rings (SSSR count). The number of hydroxylamine groups is 1. The standard InChI is InChI=1S/C14H16N4O2.ClH/c1-17-12(7-9-5-3-2-4-6-9)10-8-11(15)14(19)18(20)13(10)16-17;/h2-6,11,20H,7-8,15H2,1H3;1H/t11-;/m0./s1. The fourth-order valence-electron chi connectivity index (χ4n) is 2.55. The normalized spacial score (nSPS) is 17.4. The highest BCUT2D eigenvalue weighted by atomic mass is 35.5. The van der Waals surface area contributed by atoms with Gasteiger partial charge in [0.2, 0.25) is 0 Å². The first-order chi connectivity index (χ1) is 9.58. The lowest BCUT2D eigenvalue weighted by Gasteiger charge is -2.24. The van der Waals surface area contributed by atoms with Crippen molar-refractivity contribution in [3.63, 3.8) is 0 Å². The third kappa shape index (κ3) is 2.65. The van der Waals surface area contributed by atoms with Crippen LogP contribution in [-0.2, 0) is 24.7 Å². The van der Waals surface area contributed by atoms with Gasteiger partial charge in [-0.25, -0.2) is 0 Å². The van der Waals surface area contributed by atoms with Crippen molar-refractivity contribution in [2.24, 2.45) is 12.8 Å². The van der Waals surface area contributed by atoms with Gasteiger partial charge in [0.05, 0.1) is 6.04 Å². The van der Waals surface area contributed by atoms with E-state index in [0.717, 1.165) is 16.8 Å². The van der Waals surface area contributed by atoms with E-state index < -0.39 is 11.9 Å². The Morgan fingerprint density at radius 1 is 1.38 bits per heavy atom. The summed E-state index contributed by atoms with van der Waals surface area (Å²) in [4.78, 5) is 11.7. The maximum absolute atomic E-state index is 11.7. The zero-order valence-corrected chi connectivity index (χ0v) is 12.4. The second-order valence-corrected chi connectivity index (χ2v) is 5.00. The van der Waals surface area contributed by atoms with Crippen LogP contribution in [0.15, 0.2) is 30.3 Å². The van der Waals surface area contributed by atoms with Gasteiger partial charge in [-0.1, -0.05) is 30.3 Å². The monoisotopic (exact) mass is 308 g/mol. The van der Waals surface area contributed by atoms with Crippen LogP contribution in [0.5, 0.6) is 0 Å². The van der Waals surface area contributed by atoms with Crippen LogP contribution < -0.4 is 10.8 Å². The fourth-order valence-corrected chi connectivity index (χ4v) is 2.55. The number of benzene rings is 1. The molecular weight excluding hydrogens is 292 g/mol. The number of carbonyl (C=O) groups excluding carboxylic acids is 1. The number of nitrogens with zero attached hydrogens (tertiary/aromatic N) is 3. The molecule has 21 heavy (non-hydrogen) atoms. The van der Waals surface area contributed by atoms with Gasteiger partial charge < -0.3 is 5.73 Å². The molecule has 1 atom stereocenters. The summed E-state index contributed by atoms with van der Waals surface area (Å²) >= 11 is 0. The summed E-state index contributed by atoms with van der Waals surface area (Å²) in [5.74, 6) is -0.216. The molecule has 7 heteroatoms. The molecule has 0 bridgehead atoms. The smallest absolute Gasteiger partial charge is 0.269 e. The molecule has 0 spiro atoms. The van der Waals surface area contributed by atoms with Crippen LogP contribution in [0.1, 0.15) is 16.8 Å². The minimum Gasteiger partial charge on any atom is -0.320 e. The Labute approximate surface area is 128 Å². The molecule has 1 amide bonds. The second-order valence-electron chi connectivity index (χ2n) is 5.00. The van der Waals surface area contributed by atoms with Gasteiger partial charge >= 0.3 is 0 Å². The third-order valence-corrected chi connectivity index (χ3v) is 3.62. The summed E-state index contributed by atoms with van der Waals surface area (Å²) < 4.78 is 1.70. The number of rotatable bonds is 2. The lowest BCUT2D eigenvalue weighted by Crippen LogP contribution is -2.47. The highest BCUT2D eigenvalue weighted by molar-refractivity contribution is 5.97. The average Bonchev–Trinajstić information content (AvgIpc) is 2.75. The van der Waals surface area contributed by atoms with Crippen molar-refractivity contribution in [3.05, 3.63) is 47.2 Å². The van der Waals surface area contributed by atoms with Gasteiger partial charge in [0.25, 0.3) is 5.91 Å². The van der Waals surface area contributed by atoms with Crippen LogP contribution in [0.2, 0.25) is 0 Å². The SMILES string of the molecule is Cl.Cn1nc2c(c1Cc1ccccc1)C[C@H](N)C(=O)N2O. The average molecular weight is 309 g/mol. The lowest BCUT2D eigenvalue weighted by molar-refractivity contribution is -0.125. The molecule has 0 aliphatic carbocycles. The molecule has 1 aromatic carbocycles. The van der Waals surface area contributed by atoms with Crippen LogP contribution in [-0.4, -0.2) is 26.9 Å². The molecule has 1 aromatic heterocycles. The lowest BCUT2D eigenvalue weighted by atomic mass is 9.98. The van der Waals surface area contributed by atoms with Gasteiger partial charge in [-0.3, -0.25) is 14.7 Å². The Morgan fingerprint density at radius 3 is 2.71 bits per heavy atom. The number of aromatic nitrogens is 2. The number of halogens is 1. The number of hydrogen-bond acceptors (Lipinski definition) is 4. The summed E-state index contributed by atoms with van der Waals surface area (Å²) in [6.45, 7) is 0. The van der Waals surface area contributed by atoms with E-state index in [9.17, 15) is 10.0 Å². The minimum absolute atomic E-state index is 0. The molecule has 2 aromatic rings. The summed E-state index contributed by atoms with van der Waals surface area (Å²) in [5.41, 5.74) is 8.72. The zero-order valence-electron chi connectivity index (χ0n) is 11.6. The van der Waals surface area contributed by atoms with Crippen LogP contribution in [0, 0.1) is 0 Å². The molecule has 2 heterocycles. The van der Waals surface area contributed by atoms with Crippen molar-refractivity contribution >= 4 is 24.1 Å². The van der Waals surface area contributed by atoms with E-state index in [1.807, 2.05) is 30.3 Å². The second kappa shape index (κ2) is 5.85. The molecular formula is C14H17ClN4O2. The van der Waals surface area contributed by atoms with Crippen molar-refractivity contribution < 1.29 is 10.0 Å². The van der Waals surface area contributed by atoms with E-state index >= 15 is 0 Å². The van der Waals surface area contributed by atoms with Crippen LogP contribution in [0.4, 0.5) is 5.82 Å². The Morgan fingerprint density at radius 2 is 2.05 bits per heavy atom. The predicted octanol–water partition coefficient (Wildman–Crippen LogP) is 1.04. The molecule has 0 radical (unpaired) electrons. The van der Waals surface area contributed by atoms with Crippen molar-refractivity contribution in [2.75, 3.05) is 5.06 Å². The van der Waals surface area contributed by atoms with Crippen LogP contribution in [0.25, 0.3) is 0 Å². The Bertz CT molecular complexity index is 656. The Hall–Kier alpha value is -1.89. The minimum atomic E-state index is -0.716. The topological polar surface area (TPSA) is 84.4 Å². The van der Waals surface area contributed by atoms with Gasteiger partial charge in [-0.05, 0) is 5.56 Å². The number of nitrogens with two attached hydrogens (primary N) is 1. The van der Waals surface area contributed by atoms with E-state index in [4.69, 9.17) is 5.73 Å². The number of carbonyl (C=O) groups is 1. The van der Waals surface area contributed by atoms with Crippen molar-refractivity contribution in [1.29, 1.82) is 0 Å². The summed E-state index contributed by atoms with van der Waals surface area (Å²) in [5, 5.41) is 14.6. The number of amides is 1. The maximum atomic E-state index is 11.7. The van der Waals surface area contributed by atoms with Gasteiger partial charge in [-0.2, -0.15) is 10.2 Å². The van der Waals surface area contributed by atoms with E-state index in [0.29, 0.717) is 23.7 Å². The fraction of sp³-hybridized carbons (Fsp3) is 0.286. The summed E-state index contributed by atoms with van der Waals surface area (Å²) in [6, 6.07) is 9.27. The first-order valence-electron chi connectivity index (χ1n) is 6.45. The zero-order chi connectivity index (χ0) is 14.3. The van der Waals surface area contributed by atoms with Gasteiger partial charge in [-0.15, -0.1) is 12.4 Å².